The van der Waals surface area contributed by atoms with Crippen LogP contribution in [0.4, 0.5) is 5.69 Å². The highest BCUT2D eigenvalue weighted by atomic mass is 32.1. The second kappa shape index (κ2) is 6.42. The first-order valence-electron chi connectivity index (χ1n) is 7.35. The number of carbonyl (C=O) groups is 1. The molecule has 0 spiro atoms. The molecular formula is C17H18N2O3S. The molecule has 0 radical (unpaired) electrons. The molecule has 0 fully saturated rings. The van der Waals surface area contributed by atoms with Crippen LogP contribution in [-0.2, 0) is 14.3 Å². The minimum absolute atomic E-state index is 0.0784. The number of anilines is 1. The maximum Gasteiger partial charge on any atom is 0.337 e. The quantitative estimate of drug-likeness (QED) is 0.843. The number of aromatic nitrogens is 1. The summed E-state index contributed by atoms with van der Waals surface area (Å²) in [7, 11) is 0. The Morgan fingerprint density at radius 3 is 2.70 bits per heavy atom. The van der Waals surface area contributed by atoms with E-state index in [1.165, 1.54) is 6.08 Å². The Hall–Kier alpha value is -2.34. The smallest absolute Gasteiger partial charge is 0.337 e. The summed E-state index contributed by atoms with van der Waals surface area (Å²) in [5.74, 6) is -0.731. The zero-order valence-corrected chi connectivity index (χ0v) is 13.8. The van der Waals surface area contributed by atoms with E-state index < -0.39 is 5.79 Å². The Morgan fingerprint density at radius 1 is 1.26 bits per heavy atom. The molecule has 6 heteroatoms. The standard InChI is InChI=1S/C17H18N2O3S/c1-17(2)21-13(11-15(20)22-17)10-14(16-18-8-9-23-16)19-12-6-4-3-5-7-12/h3-9,11,14,19H,10H2,1-2H3. The highest BCUT2D eigenvalue weighted by Crippen LogP contribution is 2.31. The van der Waals surface area contributed by atoms with E-state index in [1.54, 1.807) is 31.4 Å². The van der Waals surface area contributed by atoms with E-state index in [2.05, 4.69) is 10.3 Å². The number of carbonyl (C=O) groups excluding carboxylic acids is 1. The molecule has 3 rings (SSSR count). The van der Waals surface area contributed by atoms with Crippen molar-refractivity contribution in [3.63, 3.8) is 0 Å². The molecule has 23 heavy (non-hydrogen) atoms. The van der Waals surface area contributed by atoms with Crippen molar-refractivity contribution in [3.8, 4) is 0 Å². The summed E-state index contributed by atoms with van der Waals surface area (Å²) in [6.07, 6.45) is 3.69. The molecule has 0 aliphatic carbocycles. The lowest BCUT2D eigenvalue weighted by atomic mass is 10.1. The molecule has 5 nitrogen and oxygen atoms in total. The molecule has 1 N–H and O–H groups in total. The van der Waals surface area contributed by atoms with Crippen molar-refractivity contribution in [2.75, 3.05) is 5.32 Å². The first kappa shape index (κ1) is 15.6. The Labute approximate surface area is 139 Å². The minimum Gasteiger partial charge on any atom is -0.457 e. The largest absolute Gasteiger partial charge is 0.457 e. The van der Waals surface area contributed by atoms with Gasteiger partial charge < -0.3 is 14.8 Å². The van der Waals surface area contributed by atoms with Gasteiger partial charge in [-0.05, 0) is 12.1 Å². The van der Waals surface area contributed by atoms with Gasteiger partial charge in [0.1, 0.15) is 10.8 Å². The van der Waals surface area contributed by atoms with Gasteiger partial charge in [0.15, 0.2) is 0 Å². The van der Waals surface area contributed by atoms with Gasteiger partial charge in [-0.25, -0.2) is 9.78 Å². The van der Waals surface area contributed by atoms with E-state index in [0.717, 1.165) is 10.7 Å². The number of nitrogens with one attached hydrogen (secondary N) is 1. The number of hydrogen-bond donors (Lipinski definition) is 1. The maximum absolute atomic E-state index is 11.7. The van der Waals surface area contributed by atoms with Gasteiger partial charge in [0.2, 0.25) is 5.79 Å². The van der Waals surface area contributed by atoms with E-state index in [1.807, 2.05) is 35.7 Å². The molecule has 1 aliphatic heterocycles. The second-order valence-corrected chi connectivity index (χ2v) is 6.60. The van der Waals surface area contributed by atoms with E-state index in [9.17, 15) is 4.79 Å². The van der Waals surface area contributed by atoms with Gasteiger partial charge in [-0.3, -0.25) is 0 Å². The molecule has 0 bridgehead atoms. The number of hydrogen-bond acceptors (Lipinski definition) is 6. The number of para-hydroxylation sites is 1. The van der Waals surface area contributed by atoms with E-state index in [-0.39, 0.29) is 12.0 Å². The first-order chi connectivity index (χ1) is 11.0. The van der Waals surface area contributed by atoms with Crippen LogP contribution in [0.25, 0.3) is 0 Å². The summed E-state index contributed by atoms with van der Waals surface area (Å²) >= 11 is 1.57. The van der Waals surface area contributed by atoms with E-state index in [4.69, 9.17) is 9.47 Å². The van der Waals surface area contributed by atoms with Crippen molar-refractivity contribution < 1.29 is 14.3 Å². The molecule has 1 aliphatic rings. The van der Waals surface area contributed by atoms with Gasteiger partial charge in [0.25, 0.3) is 0 Å². The molecular weight excluding hydrogens is 312 g/mol. The van der Waals surface area contributed by atoms with Crippen molar-refractivity contribution in [2.45, 2.75) is 32.1 Å². The molecule has 1 aromatic carbocycles. The van der Waals surface area contributed by atoms with Crippen LogP contribution >= 0.6 is 11.3 Å². The van der Waals surface area contributed by atoms with Crippen LogP contribution in [0, 0.1) is 0 Å². The number of ether oxygens (including phenoxy) is 2. The molecule has 0 saturated carbocycles. The molecule has 0 amide bonds. The predicted octanol–water partition coefficient (Wildman–Crippen LogP) is 3.88. The fourth-order valence-corrected chi connectivity index (χ4v) is 3.10. The molecule has 2 heterocycles. The van der Waals surface area contributed by atoms with Gasteiger partial charge in [0.05, 0.1) is 12.1 Å². The number of esters is 1. The van der Waals surface area contributed by atoms with Crippen LogP contribution in [0.3, 0.4) is 0 Å². The first-order valence-corrected chi connectivity index (χ1v) is 8.23. The summed E-state index contributed by atoms with van der Waals surface area (Å²) in [6, 6.07) is 9.82. The zero-order chi connectivity index (χ0) is 16.3. The summed E-state index contributed by atoms with van der Waals surface area (Å²) in [4.78, 5) is 16.1. The highest BCUT2D eigenvalue weighted by Gasteiger charge is 2.31. The molecule has 0 saturated heterocycles. The Kier molecular flexibility index (Phi) is 4.34. The lowest BCUT2D eigenvalue weighted by Crippen LogP contribution is -2.35. The molecule has 1 aromatic heterocycles. The SMILES string of the molecule is CC1(C)OC(=O)C=C(CC(Nc2ccccc2)c2nccs2)O1. The third-order valence-corrected chi connectivity index (χ3v) is 4.16. The van der Waals surface area contributed by atoms with Crippen LogP contribution in [0.15, 0.2) is 53.7 Å². The lowest BCUT2D eigenvalue weighted by Gasteiger charge is -2.32. The Balaban J connectivity index is 1.81. The van der Waals surface area contributed by atoms with Crippen LogP contribution in [0.5, 0.6) is 0 Å². The maximum atomic E-state index is 11.7. The van der Waals surface area contributed by atoms with Crippen molar-refractivity contribution in [1.82, 2.24) is 4.98 Å². The highest BCUT2D eigenvalue weighted by molar-refractivity contribution is 7.09. The third-order valence-electron chi connectivity index (χ3n) is 3.27. The monoisotopic (exact) mass is 330 g/mol. The van der Waals surface area contributed by atoms with Crippen LogP contribution in [-0.4, -0.2) is 16.7 Å². The van der Waals surface area contributed by atoms with Gasteiger partial charge in [0, 0.05) is 37.5 Å². The predicted molar refractivity (Wildman–Crippen MR) is 88.9 cm³/mol. The summed E-state index contributed by atoms with van der Waals surface area (Å²) < 4.78 is 10.9. The molecule has 1 unspecified atom stereocenters. The number of rotatable bonds is 5. The average molecular weight is 330 g/mol. The van der Waals surface area contributed by atoms with E-state index >= 15 is 0 Å². The van der Waals surface area contributed by atoms with Crippen molar-refractivity contribution >= 4 is 23.0 Å². The van der Waals surface area contributed by atoms with Crippen molar-refractivity contribution in [2.24, 2.45) is 0 Å². The van der Waals surface area contributed by atoms with Crippen molar-refractivity contribution in [1.29, 1.82) is 0 Å². The molecule has 120 valence electrons. The zero-order valence-electron chi connectivity index (χ0n) is 13.0. The Bertz CT molecular complexity index is 696. The lowest BCUT2D eigenvalue weighted by molar-refractivity contribution is -0.206. The normalized spacial score (nSPS) is 17.7. The van der Waals surface area contributed by atoms with Gasteiger partial charge in [-0.15, -0.1) is 11.3 Å². The molecule has 1 atom stereocenters. The minimum atomic E-state index is -0.943. The third kappa shape index (κ3) is 4.10. The van der Waals surface area contributed by atoms with Gasteiger partial charge in [-0.1, -0.05) is 18.2 Å². The van der Waals surface area contributed by atoms with Crippen LogP contribution in [0.1, 0.15) is 31.3 Å². The van der Waals surface area contributed by atoms with Crippen LogP contribution < -0.4 is 5.32 Å². The number of cyclic esters (lactones) is 1. The van der Waals surface area contributed by atoms with Gasteiger partial charge >= 0.3 is 5.97 Å². The average Bonchev–Trinajstić information content (AvgIpc) is 2.99. The number of benzene rings is 1. The fraction of sp³-hybridized carbons (Fsp3) is 0.294. The van der Waals surface area contributed by atoms with E-state index in [0.29, 0.717) is 12.2 Å². The summed E-state index contributed by atoms with van der Waals surface area (Å²) in [5.41, 5.74) is 0.992. The van der Waals surface area contributed by atoms with Crippen LogP contribution in [0.2, 0.25) is 0 Å². The van der Waals surface area contributed by atoms with Crippen molar-refractivity contribution in [3.05, 3.63) is 58.8 Å². The second-order valence-electron chi connectivity index (χ2n) is 5.67. The summed E-state index contributed by atoms with van der Waals surface area (Å²) in [6.45, 7) is 3.45. The Morgan fingerprint density at radius 2 is 2.04 bits per heavy atom. The number of thiazole rings is 1. The van der Waals surface area contributed by atoms with Gasteiger partial charge in [-0.2, -0.15) is 0 Å². The number of nitrogens with zero attached hydrogens (tertiary/aromatic N) is 1. The molecule has 2 aromatic rings. The topological polar surface area (TPSA) is 60.5 Å². The summed E-state index contributed by atoms with van der Waals surface area (Å²) in [5, 5.41) is 6.32. The fourth-order valence-electron chi connectivity index (χ4n) is 2.41.